The van der Waals surface area contributed by atoms with Gasteiger partial charge in [-0.2, -0.15) is 0 Å². The minimum Gasteiger partial charge on any atom is -0.346 e. The molecular weight excluding hydrogens is 230 g/mol. The van der Waals surface area contributed by atoms with E-state index in [1.54, 1.807) is 0 Å². The summed E-state index contributed by atoms with van der Waals surface area (Å²) in [6, 6.07) is 0. The van der Waals surface area contributed by atoms with Gasteiger partial charge in [-0.05, 0) is 40.0 Å². The lowest BCUT2D eigenvalue weighted by Gasteiger charge is -2.22. The molecule has 0 aromatic carbocycles. The van der Waals surface area contributed by atoms with Gasteiger partial charge in [0.1, 0.15) is 0 Å². The molecule has 1 heteroatoms. The Hall–Kier alpha value is -0.560. The average Bonchev–Trinajstić information content (AvgIpc) is 2.25. The molecule has 1 nitrogen and oxygen atoms in total. The van der Waals surface area contributed by atoms with Crippen LogP contribution in [0.4, 0.5) is 0 Å². The molecule has 0 heterocycles. The van der Waals surface area contributed by atoms with Crippen molar-refractivity contribution in [2.24, 2.45) is 11.3 Å². The van der Waals surface area contributed by atoms with E-state index in [0.717, 1.165) is 5.92 Å². The van der Waals surface area contributed by atoms with Gasteiger partial charge in [0.05, 0.1) is 13.1 Å². The maximum Gasteiger partial charge on any atom is 0.0810 e. The summed E-state index contributed by atoms with van der Waals surface area (Å²) in [5.74, 6) is 0.789. The topological polar surface area (TPSA) is 16.6 Å². The second kappa shape index (κ2) is 9.36. The second-order valence-electron chi connectivity index (χ2n) is 7.36. The van der Waals surface area contributed by atoms with Crippen LogP contribution in [0.3, 0.4) is 0 Å². The van der Waals surface area contributed by atoms with E-state index in [-0.39, 0.29) is 0 Å². The van der Waals surface area contributed by atoms with Crippen LogP contribution in [0.1, 0.15) is 67.7 Å². The van der Waals surface area contributed by atoms with Gasteiger partial charge in [-0.1, -0.05) is 51.0 Å². The van der Waals surface area contributed by atoms with E-state index in [1.165, 1.54) is 43.5 Å². The van der Waals surface area contributed by atoms with Gasteiger partial charge in [-0.15, -0.1) is 0 Å². The van der Waals surface area contributed by atoms with Crippen molar-refractivity contribution in [3.63, 3.8) is 0 Å². The van der Waals surface area contributed by atoms with Crippen molar-refractivity contribution in [3.05, 3.63) is 23.3 Å². The van der Waals surface area contributed by atoms with Crippen LogP contribution in [0.5, 0.6) is 0 Å². The summed E-state index contributed by atoms with van der Waals surface area (Å²) in [6.07, 6.45) is 8.37. The molecule has 0 aliphatic rings. The van der Waals surface area contributed by atoms with Crippen molar-refractivity contribution in [3.8, 4) is 0 Å². The zero-order chi connectivity index (χ0) is 14.9. The van der Waals surface area contributed by atoms with Gasteiger partial charge < -0.3 is 5.32 Å². The lowest BCUT2D eigenvalue weighted by molar-refractivity contribution is -0.669. The molecule has 0 aromatic heterocycles. The van der Waals surface area contributed by atoms with E-state index >= 15 is 0 Å². The normalized spacial score (nSPS) is 12.9. The van der Waals surface area contributed by atoms with Crippen LogP contribution >= 0.6 is 0 Å². The molecule has 0 radical (unpaired) electrons. The highest BCUT2D eigenvalue weighted by Gasteiger charge is 2.18. The van der Waals surface area contributed by atoms with E-state index in [1.807, 2.05) is 0 Å². The molecule has 0 bridgehead atoms. The quantitative estimate of drug-likeness (QED) is 0.599. The molecule has 0 unspecified atom stereocenters. The highest BCUT2D eigenvalue weighted by Crippen LogP contribution is 2.20. The van der Waals surface area contributed by atoms with E-state index < -0.39 is 0 Å². The molecular formula is C18H36N+. The van der Waals surface area contributed by atoms with Crippen molar-refractivity contribution < 1.29 is 5.32 Å². The number of hydrogen-bond acceptors (Lipinski definition) is 0. The van der Waals surface area contributed by atoms with Crippen molar-refractivity contribution in [2.75, 3.05) is 13.1 Å². The second-order valence-corrected chi connectivity index (χ2v) is 7.36. The third-order valence-corrected chi connectivity index (χ3v) is 3.43. The van der Waals surface area contributed by atoms with Crippen LogP contribution in [0.2, 0.25) is 0 Å². The summed E-state index contributed by atoms with van der Waals surface area (Å²) in [5, 5.41) is 2.47. The summed E-state index contributed by atoms with van der Waals surface area (Å²) in [7, 11) is 0. The predicted octanol–water partition coefficient (Wildman–Crippen LogP) is 4.31. The number of quaternary nitrogens is 1. The SMILES string of the molecule is CC(C)=CCC/C(C)=C\CC(C)(C)C[NH2+]CC(C)C. The Bertz CT molecular complexity index is 291. The largest absolute Gasteiger partial charge is 0.346 e. The Morgan fingerprint density at radius 1 is 1.11 bits per heavy atom. The molecule has 0 spiro atoms. The molecule has 0 fully saturated rings. The number of allylic oxidation sites excluding steroid dienone is 4. The van der Waals surface area contributed by atoms with Crippen molar-refractivity contribution in [1.29, 1.82) is 0 Å². The van der Waals surface area contributed by atoms with Crippen LogP contribution in [-0.4, -0.2) is 13.1 Å². The first-order chi connectivity index (χ1) is 8.73. The first kappa shape index (κ1) is 18.4. The Kier molecular flexibility index (Phi) is 9.08. The summed E-state index contributed by atoms with van der Waals surface area (Å²) in [6.45, 7) is 18.4. The van der Waals surface area contributed by atoms with Crippen LogP contribution in [-0.2, 0) is 0 Å². The molecule has 112 valence electrons. The van der Waals surface area contributed by atoms with Crippen LogP contribution in [0.25, 0.3) is 0 Å². The summed E-state index contributed by atoms with van der Waals surface area (Å²) in [4.78, 5) is 0. The molecule has 2 N–H and O–H groups in total. The molecule has 0 amide bonds. The first-order valence-corrected chi connectivity index (χ1v) is 7.83. The molecule has 0 aliphatic carbocycles. The smallest absolute Gasteiger partial charge is 0.0810 e. The van der Waals surface area contributed by atoms with Gasteiger partial charge in [0.15, 0.2) is 0 Å². The molecule has 0 aliphatic heterocycles. The van der Waals surface area contributed by atoms with Crippen LogP contribution < -0.4 is 5.32 Å². The fourth-order valence-electron chi connectivity index (χ4n) is 2.03. The highest BCUT2D eigenvalue weighted by atomic mass is 14.9. The summed E-state index contributed by atoms with van der Waals surface area (Å²) in [5.41, 5.74) is 3.37. The first-order valence-electron chi connectivity index (χ1n) is 7.83. The molecule has 0 saturated heterocycles. The third kappa shape index (κ3) is 12.2. The zero-order valence-electron chi connectivity index (χ0n) is 14.3. The lowest BCUT2D eigenvalue weighted by Crippen LogP contribution is -2.87. The van der Waals surface area contributed by atoms with E-state index in [2.05, 4.69) is 65.9 Å². The van der Waals surface area contributed by atoms with E-state index in [0.29, 0.717) is 5.41 Å². The van der Waals surface area contributed by atoms with Crippen molar-refractivity contribution in [1.82, 2.24) is 0 Å². The number of hydrogen-bond donors (Lipinski definition) is 1. The predicted molar refractivity (Wildman–Crippen MR) is 87.3 cm³/mol. The van der Waals surface area contributed by atoms with Gasteiger partial charge in [-0.25, -0.2) is 0 Å². The minimum atomic E-state index is 0.409. The zero-order valence-corrected chi connectivity index (χ0v) is 14.3. The summed E-state index contributed by atoms with van der Waals surface area (Å²) >= 11 is 0. The standard InChI is InChI=1S/C18H35N/c1-15(2)9-8-10-17(5)11-12-18(6,7)14-19-13-16(3)4/h9,11,16,19H,8,10,12-14H2,1-7H3/p+1/b17-11-. The minimum absolute atomic E-state index is 0.409. The van der Waals surface area contributed by atoms with Crippen molar-refractivity contribution in [2.45, 2.75) is 67.7 Å². The van der Waals surface area contributed by atoms with E-state index in [9.17, 15) is 0 Å². The molecule has 19 heavy (non-hydrogen) atoms. The fourth-order valence-corrected chi connectivity index (χ4v) is 2.03. The van der Waals surface area contributed by atoms with Gasteiger partial charge in [0.25, 0.3) is 0 Å². The van der Waals surface area contributed by atoms with E-state index in [4.69, 9.17) is 0 Å². The molecule has 0 aromatic rings. The van der Waals surface area contributed by atoms with Crippen LogP contribution in [0, 0.1) is 11.3 Å². The van der Waals surface area contributed by atoms with Gasteiger partial charge in [-0.3, -0.25) is 0 Å². The molecule has 0 saturated carbocycles. The highest BCUT2D eigenvalue weighted by molar-refractivity contribution is 5.03. The number of rotatable bonds is 9. The Balaban J connectivity index is 4.01. The monoisotopic (exact) mass is 266 g/mol. The maximum atomic E-state index is 2.47. The van der Waals surface area contributed by atoms with Crippen molar-refractivity contribution >= 4 is 0 Å². The molecule has 0 rings (SSSR count). The Labute approximate surface area is 121 Å². The Morgan fingerprint density at radius 2 is 1.74 bits per heavy atom. The van der Waals surface area contributed by atoms with Gasteiger partial charge in [0, 0.05) is 11.3 Å². The maximum absolute atomic E-state index is 2.47. The Morgan fingerprint density at radius 3 is 2.26 bits per heavy atom. The molecule has 0 atom stereocenters. The average molecular weight is 266 g/mol. The van der Waals surface area contributed by atoms with Crippen LogP contribution in [0.15, 0.2) is 23.3 Å². The number of nitrogens with two attached hydrogens (primary N) is 1. The fraction of sp³-hybridized carbons (Fsp3) is 0.778. The van der Waals surface area contributed by atoms with Gasteiger partial charge >= 0.3 is 0 Å². The lowest BCUT2D eigenvalue weighted by atomic mass is 9.88. The summed E-state index contributed by atoms with van der Waals surface area (Å²) < 4.78 is 0. The van der Waals surface area contributed by atoms with Gasteiger partial charge in [0.2, 0.25) is 0 Å². The third-order valence-electron chi connectivity index (χ3n) is 3.43.